The molecule has 0 aromatic heterocycles. The molecule has 0 bridgehead atoms. The Labute approximate surface area is 173 Å². The van der Waals surface area contributed by atoms with Crippen molar-refractivity contribution in [3.63, 3.8) is 0 Å². The fourth-order valence-electron chi connectivity index (χ4n) is 3.02. The monoisotopic (exact) mass is 397 g/mol. The number of hydrogen-bond donors (Lipinski definition) is 1. The second kappa shape index (κ2) is 11.9. The van der Waals surface area contributed by atoms with Crippen LogP contribution in [0.1, 0.15) is 62.4 Å². The first-order valence-corrected chi connectivity index (χ1v) is 10.4. The molecule has 0 radical (unpaired) electrons. The summed E-state index contributed by atoms with van der Waals surface area (Å²) in [6.45, 7) is 6.66. The summed E-state index contributed by atoms with van der Waals surface area (Å²) in [6, 6.07) is 13.3. The smallest absolute Gasteiger partial charge is 0.411 e. The van der Waals surface area contributed by atoms with Gasteiger partial charge in [-0.25, -0.2) is 9.59 Å². The van der Waals surface area contributed by atoms with Gasteiger partial charge < -0.3 is 9.47 Å². The largest absolute Gasteiger partial charge is 0.462 e. The molecule has 0 aliphatic heterocycles. The number of amides is 1. The topological polar surface area (TPSA) is 64.6 Å². The quantitative estimate of drug-likeness (QED) is 0.382. The van der Waals surface area contributed by atoms with Crippen LogP contribution in [-0.4, -0.2) is 25.3 Å². The van der Waals surface area contributed by atoms with Gasteiger partial charge >= 0.3 is 12.1 Å². The van der Waals surface area contributed by atoms with Crippen molar-refractivity contribution in [1.82, 2.24) is 0 Å². The number of rotatable bonds is 10. The van der Waals surface area contributed by atoms with Crippen molar-refractivity contribution in [3.8, 4) is 11.1 Å². The van der Waals surface area contributed by atoms with Gasteiger partial charge in [-0.05, 0) is 49.4 Å². The van der Waals surface area contributed by atoms with Crippen LogP contribution in [0.25, 0.3) is 11.1 Å². The summed E-state index contributed by atoms with van der Waals surface area (Å²) in [4.78, 5) is 24.8. The number of para-hydroxylation sites is 1. The zero-order valence-electron chi connectivity index (χ0n) is 17.6. The number of nitrogens with one attached hydrogen (secondary N) is 1. The van der Waals surface area contributed by atoms with Crippen molar-refractivity contribution in [3.05, 3.63) is 53.6 Å². The zero-order valence-corrected chi connectivity index (χ0v) is 17.6. The van der Waals surface area contributed by atoms with Gasteiger partial charge in [0.25, 0.3) is 0 Å². The molecule has 2 aromatic carbocycles. The van der Waals surface area contributed by atoms with E-state index in [0.29, 0.717) is 24.5 Å². The normalized spacial score (nSPS) is 10.4. The Bertz CT molecular complexity index is 816. The predicted molar refractivity (Wildman–Crippen MR) is 116 cm³/mol. The predicted octanol–water partition coefficient (Wildman–Crippen LogP) is 6.22. The number of carbonyl (C=O) groups is 2. The third-order valence-electron chi connectivity index (χ3n) is 4.58. The lowest BCUT2D eigenvalue weighted by Crippen LogP contribution is -2.15. The summed E-state index contributed by atoms with van der Waals surface area (Å²) < 4.78 is 10.5. The average molecular weight is 398 g/mol. The second-order valence-electron chi connectivity index (χ2n) is 6.86. The molecular formula is C24H31NO4. The van der Waals surface area contributed by atoms with Crippen molar-refractivity contribution in [2.24, 2.45) is 0 Å². The van der Waals surface area contributed by atoms with Gasteiger partial charge in [0.05, 0.1) is 24.5 Å². The van der Waals surface area contributed by atoms with Gasteiger partial charge in [0.1, 0.15) is 0 Å². The van der Waals surface area contributed by atoms with Crippen molar-refractivity contribution in [1.29, 1.82) is 0 Å². The van der Waals surface area contributed by atoms with E-state index in [1.165, 1.54) is 0 Å². The van der Waals surface area contributed by atoms with Crippen LogP contribution >= 0.6 is 0 Å². The summed E-state index contributed by atoms with van der Waals surface area (Å²) >= 11 is 0. The first kappa shape index (κ1) is 22.5. The van der Waals surface area contributed by atoms with Gasteiger partial charge in [0.2, 0.25) is 0 Å². The van der Waals surface area contributed by atoms with E-state index in [4.69, 9.17) is 9.47 Å². The molecule has 0 saturated heterocycles. The number of unbranched alkanes of at least 4 members (excludes halogenated alkanes) is 2. The Kier molecular flexibility index (Phi) is 9.22. The van der Waals surface area contributed by atoms with Crippen molar-refractivity contribution in [2.45, 2.75) is 52.9 Å². The summed E-state index contributed by atoms with van der Waals surface area (Å²) in [5.74, 6) is -0.360. The van der Waals surface area contributed by atoms with Gasteiger partial charge in [-0.1, -0.05) is 57.0 Å². The lowest BCUT2D eigenvalue weighted by molar-refractivity contribution is 0.0527. The van der Waals surface area contributed by atoms with Gasteiger partial charge in [-0.2, -0.15) is 0 Å². The van der Waals surface area contributed by atoms with Crippen molar-refractivity contribution >= 4 is 17.7 Å². The fourth-order valence-corrected chi connectivity index (χ4v) is 3.02. The molecule has 2 aromatic rings. The van der Waals surface area contributed by atoms with E-state index in [1.807, 2.05) is 43.3 Å². The molecule has 0 fully saturated rings. The number of carbonyl (C=O) groups excluding carboxylic acids is 2. The van der Waals surface area contributed by atoms with Crippen molar-refractivity contribution in [2.75, 3.05) is 18.5 Å². The molecule has 0 spiro atoms. The van der Waals surface area contributed by atoms with Crippen LogP contribution in [0.4, 0.5) is 10.5 Å². The Morgan fingerprint density at radius 1 is 0.897 bits per heavy atom. The first-order chi connectivity index (χ1) is 14.1. The maximum Gasteiger partial charge on any atom is 0.411 e. The minimum absolute atomic E-state index is 0.307. The van der Waals surface area contributed by atoms with E-state index in [1.54, 1.807) is 13.0 Å². The average Bonchev–Trinajstić information content (AvgIpc) is 2.73. The molecule has 2 rings (SSSR count). The lowest BCUT2D eigenvalue weighted by Gasteiger charge is -2.15. The summed E-state index contributed by atoms with van der Waals surface area (Å²) in [5, 5.41) is 2.80. The number of aryl methyl sites for hydroxylation is 1. The van der Waals surface area contributed by atoms with Gasteiger partial charge in [-0.15, -0.1) is 0 Å². The molecular weight excluding hydrogens is 366 g/mol. The van der Waals surface area contributed by atoms with E-state index >= 15 is 0 Å². The molecule has 156 valence electrons. The van der Waals surface area contributed by atoms with Crippen LogP contribution in [0.3, 0.4) is 0 Å². The van der Waals surface area contributed by atoms with Gasteiger partial charge in [0.15, 0.2) is 0 Å². The molecule has 0 atom stereocenters. The first-order valence-electron chi connectivity index (χ1n) is 10.4. The molecule has 5 heteroatoms. The number of ether oxygens (including phenoxy) is 2. The Morgan fingerprint density at radius 3 is 2.38 bits per heavy atom. The highest BCUT2D eigenvalue weighted by molar-refractivity contribution is 6.01. The SMILES string of the molecule is CCCCOC(=O)Nc1ccccc1-c1ccc(CCCC)cc1C(=O)OCC. The third-order valence-corrected chi connectivity index (χ3v) is 4.58. The highest BCUT2D eigenvalue weighted by Gasteiger charge is 2.18. The minimum atomic E-state index is -0.497. The molecule has 0 heterocycles. The van der Waals surface area contributed by atoms with Gasteiger partial charge in [0, 0.05) is 5.56 Å². The Morgan fingerprint density at radius 2 is 1.66 bits per heavy atom. The van der Waals surface area contributed by atoms with E-state index < -0.39 is 6.09 Å². The molecule has 1 N–H and O–H groups in total. The van der Waals surface area contributed by atoms with Crippen LogP contribution < -0.4 is 5.32 Å². The number of anilines is 1. The lowest BCUT2D eigenvalue weighted by atomic mass is 9.94. The molecule has 0 aliphatic carbocycles. The molecule has 0 unspecified atom stereocenters. The highest BCUT2D eigenvalue weighted by Crippen LogP contribution is 2.32. The maximum absolute atomic E-state index is 12.6. The standard InChI is InChI=1S/C24H31NO4/c1-4-7-11-18-14-15-19(21(17-18)23(26)28-6-3)20-12-9-10-13-22(20)25-24(27)29-16-8-5-2/h9-10,12-15,17H,4-8,11,16H2,1-3H3,(H,25,27). The number of hydrogen-bond acceptors (Lipinski definition) is 4. The zero-order chi connectivity index (χ0) is 21.1. The highest BCUT2D eigenvalue weighted by atomic mass is 16.5. The van der Waals surface area contributed by atoms with Crippen LogP contribution in [0.2, 0.25) is 0 Å². The van der Waals surface area contributed by atoms with E-state index in [2.05, 4.69) is 12.2 Å². The third kappa shape index (κ3) is 6.63. The van der Waals surface area contributed by atoms with Gasteiger partial charge in [-0.3, -0.25) is 5.32 Å². The van der Waals surface area contributed by atoms with E-state index in [9.17, 15) is 9.59 Å². The number of benzene rings is 2. The Balaban J connectivity index is 2.37. The molecule has 5 nitrogen and oxygen atoms in total. The van der Waals surface area contributed by atoms with E-state index in [0.717, 1.165) is 48.8 Å². The molecule has 0 saturated carbocycles. The Hall–Kier alpha value is -2.82. The van der Waals surface area contributed by atoms with Crippen LogP contribution in [0, 0.1) is 0 Å². The van der Waals surface area contributed by atoms with E-state index in [-0.39, 0.29) is 5.97 Å². The second-order valence-corrected chi connectivity index (χ2v) is 6.86. The summed E-state index contributed by atoms with van der Waals surface area (Å²) in [6.07, 6.45) is 4.33. The number of esters is 1. The molecule has 29 heavy (non-hydrogen) atoms. The molecule has 1 amide bonds. The fraction of sp³-hybridized carbons (Fsp3) is 0.417. The maximum atomic E-state index is 12.6. The summed E-state index contributed by atoms with van der Waals surface area (Å²) in [7, 11) is 0. The minimum Gasteiger partial charge on any atom is -0.462 e. The molecule has 0 aliphatic rings. The van der Waals surface area contributed by atoms with Crippen LogP contribution in [0.5, 0.6) is 0 Å². The van der Waals surface area contributed by atoms with Crippen molar-refractivity contribution < 1.29 is 19.1 Å². The van der Waals surface area contributed by atoms with Crippen LogP contribution in [-0.2, 0) is 15.9 Å². The summed E-state index contributed by atoms with van der Waals surface area (Å²) in [5.41, 5.74) is 3.69. The van der Waals surface area contributed by atoms with Crippen LogP contribution in [0.15, 0.2) is 42.5 Å².